The molecule has 0 aliphatic rings. The fraction of sp³-hybridized carbons (Fsp3) is 0.200. The minimum Gasteiger partial charge on any atom is -0.350 e. The number of hydrogen-bond acceptors (Lipinski definition) is 6. The van der Waals surface area contributed by atoms with Crippen LogP contribution in [-0.4, -0.2) is 28.0 Å². The summed E-state index contributed by atoms with van der Waals surface area (Å²) in [6, 6.07) is 14.6. The third kappa shape index (κ3) is 4.36. The molecule has 0 radical (unpaired) electrons. The third-order valence-electron chi connectivity index (χ3n) is 5.63. The lowest BCUT2D eigenvalue weighted by Crippen LogP contribution is -2.30. The third-order valence-corrected chi connectivity index (χ3v) is 8.14. The highest BCUT2D eigenvalue weighted by molar-refractivity contribution is 7.75. The van der Waals surface area contributed by atoms with Crippen LogP contribution in [0.25, 0.3) is 10.9 Å². The first kappa shape index (κ1) is 23.4. The summed E-state index contributed by atoms with van der Waals surface area (Å²) in [7, 11) is -2.40. The smallest absolute Gasteiger partial charge is 0.268 e. The Morgan fingerprint density at radius 1 is 1.24 bits per heavy atom. The Labute approximate surface area is 197 Å². The second kappa shape index (κ2) is 9.60. The Bertz CT molecular complexity index is 1460. The zero-order chi connectivity index (χ0) is 24.3. The molecule has 4 aromatic rings. The quantitative estimate of drug-likeness (QED) is 0.396. The lowest BCUT2D eigenvalue weighted by atomic mass is 10.1. The largest absolute Gasteiger partial charge is 0.350 e. The minimum atomic E-state index is -3.76. The summed E-state index contributed by atoms with van der Waals surface area (Å²) < 4.78 is 20.2. The van der Waals surface area contributed by atoms with Crippen molar-refractivity contribution in [2.75, 3.05) is 7.11 Å². The predicted octanol–water partition coefficient (Wildman–Crippen LogP) is 3.51. The van der Waals surface area contributed by atoms with Gasteiger partial charge < -0.3 is 14.8 Å². The maximum atomic E-state index is 14.6. The lowest BCUT2D eigenvalue weighted by molar-refractivity contribution is 0.0947. The number of carbonyl (C=O) groups is 1. The molecule has 1 amide bonds. The zero-order valence-electron chi connectivity index (χ0n) is 19.1. The Morgan fingerprint density at radius 2 is 2.06 bits per heavy atom. The number of carbonyl (C=O) groups excluding carboxylic acids is 1. The molecule has 0 fully saturated rings. The Morgan fingerprint density at radius 3 is 2.74 bits per heavy atom. The molecule has 1 atom stereocenters. The molecule has 1 unspecified atom stereocenters. The van der Waals surface area contributed by atoms with Crippen LogP contribution in [-0.2, 0) is 22.1 Å². The summed E-state index contributed by atoms with van der Waals surface area (Å²) in [5, 5.41) is 13.6. The summed E-state index contributed by atoms with van der Waals surface area (Å²) in [6.45, 7) is 4.06. The van der Waals surface area contributed by atoms with Gasteiger partial charge >= 0.3 is 0 Å². The van der Waals surface area contributed by atoms with Gasteiger partial charge in [-0.3, -0.25) is 9.36 Å². The maximum absolute atomic E-state index is 14.6. The molecule has 2 aromatic heterocycles. The molecule has 0 saturated carbocycles. The van der Waals surface area contributed by atoms with Crippen molar-refractivity contribution in [3.63, 3.8) is 0 Å². The van der Waals surface area contributed by atoms with Crippen molar-refractivity contribution < 1.29 is 13.9 Å². The standard InChI is InChI=1S/C25H24N5O3P/c1-4-17-10-18(13-26)12-20(11-17)34(32,33-3)24-21-9-16(2)5-6-22(21)30-23(24)25(31)28-14-19-7-8-27-15-29-19/h5-12,15,30H,4,14H2,1-3H3,(H,28,31). The van der Waals surface area contributed by atoms with Gasteiger partial charge in [0.2, 0.25) is 0 Å². The number of aromatic nitrogens is 3. The van der Waals surface area contributed by atoms with E-state index < -0.39 is 13.3 Å². The van der Waals surface area contributed by atoms with E-state index >= 15 is 0 Å². The molecule has 8 nitrogen and oxygen atoms in total. The van der Waals surface area contributed by atoms with Crippen LogP contribution in [0.1, 0.15) is 39.8 Å². The van der Waals surface area contributed by atoms with E-state index in [1.165, 1.54) is 13.4 Å². The first-order valence-corrected chi connectivity index (χ1v) is 12.4. The van der Waals surface area contributed by atoms with E-state index in [0.29, 0.717) is 33.9 Å². The molecular formula is C25H24N5O3P. The van der Waals surface area contributed by atoms with E-state index in [4.69, 9.17) is 4.52 Å². The van der Waals surface area contributed by atoms with Crippen molar-refractivity contribution in [3.8, 4) is 6.07 Å². The molecule has 2 heterocycles. The number of amides is 1. The van der Waals surface area contributed by atoms with Crippen LogP contribution in [0.5, 0.6) is 0 Å². The van der Waals surface area contributed by atoms with E-state index in [-0.39, 0.29) is 17.5 Å². The number of fused-ring (bicyclic) bond motifs is 1. The van der Waals surface area contributed by atoms with E-state index in [9.17, 15) is 14.6 Å². The number of nitrogens with one attached hydrogen (secondary N) is 2. The highest BCUT2D eigenvalue weighted by Gasteiger charge is 2.36. The summed E-state index contributed by atoms with van der Waals surface area (Å²) in [5.41, 5.74) is 3.65. The molecule has 0 saturated heterocycles. The number of H-pyrrole nitrogens is 1. The van der Waals surface area contributed by atoms with Gasteiger partial charge in [-0.05, 0) is 55.3 Å². The fourth-order valence-electron chi connectivity index (χ4n) is 3.88. The molecule has 0 bridgehead atoms. The van der Waals surface area contributed by atoms with Gasteiger partial charge in [0, 0.05) is 29.5 Å². The van der Waals surface area contributed by atoms with Crippen molar-refractivity contribution in [2.24, 2.45) is 0 Å². The van der Waals surface area contributed by atoms with Gasteiger partial charge in [0.25, 0.3) is 13.3 Å². The normalized spacial score (nSPS) is 12.8. The predicted molar refractivity (Wildman–Crippen MR) is 131 cm³/mol. The summed E-state index contributed by atoms with van der Waals surface area (Å²) in [5.74, 6) is -0.438. The highest BCUT2D eigenvalue weighted by atomic mass is 31.2. The van der Waals surface area contributed by atoms with Gasteiger partial charge in [-0.25, -0.2) is 9.97 Å². The van der Waals surface area contributed by atoms with Gasteiger partial charge in [-0.1, -0.05) is 18.6 Å². The second-order valence-electron chi connectivity index (χ2n) is 7.87. The zero-order valence-corrected chi connectivity index (χ0v) is 20.0. The summed E-state index contributed by atoms with van der Waals surface area (Å²) in [6.07, 6.45) is 3.66. The molecule has 172 valence electrons. The van der Waals surface area contributed by atoms with Gasteiger partial charge in [-0.2, -0.15) is 5.26 Å². The van der Waals surface area contributed by atoms with E-state index in [1.807, 2.05) is 32.0 Å². The number of benzene rings is 2. The van der Waals surface area contributed by atoms with Crippen LogP contribution in [0.4, 0.5) is 0 Å². The van der Waals surface area contributed by atoms with Gasteiger partial charge in [0.05, 0.1) is 29.2 Å². The minimum absolute atomic E-state index is 0.153. The topological polar surface area (TPSA) is 121 Å². The first-order valence-electron chi connectivity index (χ1n) is 10.8. The SMILES string of the molecule is CCc1cc(C#N)cc(P(=O)(OC)c2c(C(=O)NCc3ccncn3)[nH]c3ccc(C)cc23)c1. The Hall–Kier alpha value is -3.79. The average Bonchev–Trinajstić information content (AvgIpc) is 3.26. The molecular weight excluding hydrogens is 449 g/mol. The molecule has 2 N–H and O–H groups in total. The van der Waals surface area contributed by atoms with Crippen molar-refractivity contribution in [3.05, 3.63) is 83.1 Å². The molecule has 34 heavy (non-hydrogen) atoms. The van der Waals surface area contributed by atoms with Crippen LogP contribution in [0.3, 0.4) is 0 Å². The van der Waals surface area contributed by atoms with Crippen molar-refractivity contribution in [1.82, 2.24) is 20.3 Å². The van der Waals surface area contributed by atoms with Crippen molar-refractivity contribution in [1.29, 1.82) is 5.26 Å². The molecule has 4 rings (SSSR count). The highest BCUT2D eigenvalue weighted by Crippen LogP contribution is 2.47. The second-order valence-corrected chi connectivity index (χ2v) is 10.3. The molecule has 2 aromatic carbocycles. The first-order chi connectivity index (χ1) is 16.4. The number of nitrogens with zero attached hydrogens (tertiary/aromatic N) is 3. The number of aryl methyl sites for hydroxylation is 2. The fourth-order valence-corrected chi connectivity index (χ4v) is 6.13. The molecule has 0 aliphatic carbocycles. The summed E-state index contributed by atoms with van der Waals surface area (Å²) in [4.78, 5) is 24.5. The van der Waals surface area contributed by atoms with E-state index in [2.05, 4.69) is 26.3 Å². The van der Waals surface area contributed by atoms with Gasteiger partial charge in [0.15, 0.2) is 0 Å². The lowest BCUT2D eigenvalue weighted by Gasteiger charge is -2.19. The number of nitriles is 1. The monoisotopic (exact) mass is 473 g/mol. The molecule has 0 aliphatic heterocycles. The van der Waals surface area contributed by atoms with Crippen LogP contribution >= 0.6 is 7.37 Å². The number of hydrogen-bond donors (Lipinski definition) is 2. The summed E-state index contributed by atoms with van der Waals surface area (Å²) >= 11 is 0. The molecule has 0 spiro atoms. The van der Waals surface area contributed by atoms with E-state index in [1.54, 1.807) is 30.5 Å². The van der Waals surface area contributed by atoms with Gasteiger partial charge in [-0.15, -0.1) is 0 Å². The van der Waals surface area contributed by atoms with Crippen LogP contribution in [0, 0.1) is 18.3 Å². The van der Waals surface area contributed by atoms with E-state index in [0.717, 1.165) is 11.1 Å². The number of rotatable bonds is 7. The molecule has 9 heteroatoms. The average molecular weight is 473 g/mol. The van der Waals surface area contributed by atoms with Gasteiger partial charge in [0.1, 0.15) is 12.0 Å². The Balaban J connectivity index is 1.89. The van der Waals surface area contributed by atoms with Crippen LogP contribution in [0.2, 0.25) is 0 Å². The van der Waals surface area contributed by atoms with Crippen molar-refractivity contribution in [2.45, 2.75) is 26.8 Å². The van der Waals surface area contributed by atoms with Crippen LogP contribution in [0.15, 0.2) is 55.0 Å². The Kier molecular flexibility index (Phi) is 6.60. The van der Waals surface area contributed by atoms with Crippen molar-refractivity contribution >= 4 is 34.8 Å². The van der Waals surface area contributed by atoms with Crippen LogP contribution < -0.4 is 15.9 Å². The number of aromatic amines is 1. The maximum Gasteiger partial charge on any atom is 0.268 e.